The molecule has 1 aromatic heterocycles. The quantitative estimate of drug-likeness (QED) is 0.879. The van der Waals surface area contributed by atoms with Gasteiger partial charge in [-0.05, 0) is 24.3 Å². The van der Waals surface area contributed by atoms with Crippen molar-refractivity contribution in [2.75, 3.05) is 5.32 Å². The van der Waals surface area contributed by atoms with E-state index in [0.29, 0.717) is 11.3 Å². The number of halogens is 3. The summed E-state index contributed by atoms with van der Waals surface area (Å²) in [5, 5.41) is 5.86. The molecule has 0 aliphatic heterocycles. The second-order valence-electron chi connectivity index (χ2n) is 4.04. The highest BCUT2D eigenvalue weighted by molar-refractivity contribution is 5.91. The van der Waals surface area contributed by atoms with Gasteiger partial charge in [-0.1, -0.05) is 11.2 Å². The molecule has 0 atom stereocenters. The van der Waals surface area contributed by atoms with Crippen molar-refractivity contribution in [3.8, 4) is 11.4 Å². The van der Waals surface area contributed by atoms with E-state index in [1.54, 1.807) is 0 Å². The molecule has 0 saturated carbocycles. The van der Waals surface area contributed by atoms with Crippen LogP contribution in [-0.4, -0.2) is 16.0 Å². The van der Waals surface area contributed by atoms with E-state index in [0.717, 1.165) is 0 Å². The Balaban J connectivity index is 2.13. The summed E-state index contributed by atoms with van der Waals surface area (Å²) in [4.78, 5) is 14.6. The molecular weight excluding hydrogens is 287 g/mol. The minimum atomic E-state index is -4.68. The van der Waals surface area contributed by atoms with Gasteiger partial charge in [0, 0.05) is 17.7 Å². The number of alkyl halides is 3. The van der Waals surface area contributed by atoms with Crippen LogP contribution in [0.15, 0.2) is 41.4 Å². The summed E-state index contributed by atoms with van der Waals surface area (Å²) in [6.07, 6.45) is -3.05. The third-order valence-corrected chi connectivity index (χ3v) is 2.43. The largest absolute Gasteiger partial charge is 0.471 e. The first-order valence-electron chi connectivity index (χ1n) is 5.82. The van der Waals surface area contributed by atoms with E-state index in [-0.39, 0.29) is 18.2 Å². The van der Waals surface area contributed by atoms with E-state index in [1.165, 1.54) is 30.3 Å². The van der Waals surface area contributed by atoms with E-state index in [4.69, 9.17) is 0 Å². The van der Waals surface area contributed by atoms with Gasteiger partial charge < -0.3 is 9.84 Å². The molecule has 0 saturated heterocycles. The second-order valence-corrected chi connectivity index (χ2v) is 4.04. The Morgan fingerprint density at radius 2 is 2.00 bits per heavy atom. The van der Waals surface area contributed by atoms with Gasteiger partial charge in [0.2, 0.25) is 11.7 Å². The first-order chi connectivity index (χ1) is 9.90. The van der Waals surface area contributed by atoms with Crippen LogP contribution in [0.2, 0.25) is 0 Å². The lowest BCUT2D eigenvalue weighted by molar-refractivity contribution is -0.159. The van der Waals surface area contributed by atoms with Gasteiger partial charge in [0.1, 0.15) is 0 Å². The van der Waals surface area contributed by atoms with Gasteiger partial charge >= 0.3 is 12.1 Å². The fraction of sp³-hybridized carbons (Fsp3) is 0.154. The highest BCUT2D eigenvalue weighted by Gasteiger charge is 2.38. The molecule has 0 fully saturated rings. The maximum absolute atomic E-state index is 12.3. The molecule has 0 radical (unpaired) electrons. The van der Waals surface area contributed by atoms with Crippen LogP contribution in [0.25, 0.3) is 11.4 Å². The summed E-state index contributed by atoms with van der Waals surface area (Å²) in [7, 11) is 0. The summed E-state index contributed by atoms with van der Waals surface area (Å²) >= 11 is 0. The first kappa shape index (κ1) is 14.8. The predicted octanol–water partition coefficient (Wildman–Crippen LogP) is 3.27. The molecule has 2 aromatic rings. The number of anilines is 1. The number of hydrogen-bond donors (Lipinski definition) is 1. The van der Waals surface area contributed by atoms with Crippen molar-refractivity contribution in [3.63, 3.8) is 0 Å². The molecule has 0 bridgehead atoms. The van der Waals surface area contributed by atoms with Crippen LogP contribution in [-0.2, 0) is 11.0 Å². The molecule has 1 aromatic carbocycles. The lowest BCUT2D eigenvalue weighted by atomic mass is 10.2. The van der Waals surface area contributed by atoms with Crippen LogP contribution in [0, 0.1) is 0 Å². The number of carbonyl (C=O) groups is 1. The minimum Gasteiger partial charge on any atom is -0.329 e. The number of carbonyl (C=O) groups excluding carboxylic acids is 1. The smallest absolute Gasteiger partial charge is 0.329 e. The van der Waals surface area contributed by atoms with Crippen molar-refractivity contribution in [1.82, 2.24) is 10.1 Å². The Morgan fingerprint density at radius 1 is 1.33 bits per heavy atom. The molecule has 21 heavy (non-hydrogen) atoms. The number of nitrogens with one attached hydrogen (secondary N) is 1. The van der Waals surface area contributed by atoms with E-state index < -0.39 is 12.1 Å². The highest BCUT2D eigenvalue weighted by atomic mass is 19.4. The number of nitrogens with zero attached hydrogens (tertiary/aromatic N) is 2. The molecule has 0 unspecified atom stereocenters. The van der Waals surface area contributed by atoms with Gasteiger partial charge in [0.15, 0.2) is 0 Å². The Labute approximate surface area is 117 Å². The van der Waals surface area contributed by atoms with Crippen LogP contribution in [0.1, 0.15) is 12.3 Å². The first-order valence-corrected chi connectivity index (χ1v) is 5.82. The number of amides is 1. The SMILES string of the molecule is C=CCC(=O)Nc1ccc(-c2noc(C(F)(F)F)n2)cc1. The molecule has 5 nitrogen and oxygen atoms in total. The third-order valence-electron chi connectivity index (χ3n) is 2.43. The van der Waals surface area contributed by atoms with Crippen molar-refractivity contribution >= 4 is 11.6 Å². The Kier molecular flexibility index (Phi) is 4.06. The van der Waals surface area contributed by atoms with Crippen LogP contribution in [0.5, 0.6) is 0 Å². The monoisotopic (exact) mass is 297 g/mol. The summed E-state index contributed by atoms with van der Waals surface area (Å²) in [6.45, 7) is 3.44. The second kappa shape index (κ2) is 5.78. The van der Waals surface area contributed by atoms with Gasteiger partial charge in [-0.2, -0.15) is 18.2 Å². The molecule has 8 heteroatoms. The average molecular weight is 297 g/mol. The Morgan fingerprint density at radius 3 is 2.52 bits per heavy atom. The fourth-order valence-corrected chi connectivity index (χ4v) is 1.50. The fourth-order valence-electron chi connectivity index (χ4n) is 1.50. The zero-order valence-electron chi connectivity index (χ0n) is 10.6. The maximum Gasteiger partial charge on any atom is 0.471 e. The molecule has 0 aliphatic rings. The molecule has 2 rings (SSSR count). The van der Waals surface area contributed by atoms with Crippen molar-refractivity contribution < 1.29 is 22.5 Å². The maximum atomic E-state index is 12.3. The van der Waals surface area contributed by atoms with Crippen LogP contribution in [0.4, 0.5) is 18.9 Å². The highest BCUT2D eigenvalue weighted by Crippen LogP contribution is 2.29. The molecule has 1 amide bonds. The van der Waals surface area contributed by atoms with Gasteiger partial charge in [0.05, 0.1) is 0 Å². The summed E-state index contributed by atoms with van der Waals surface area (Å²) in [5.41, 5.74) is 0.848. The van der Waals surface area contributed by atoms with E-state index in [9.17, 15) is 18.0 Å². The molecule has 0 spiro atoms. The summed E-state index contributed by atoms with van der Waals surface area (Å²) < 4.78 is 41.2. The van der Waals surface area contributed by atoms with Crippen molar-refractivity contribution in [3.05, 3.63) is 42.8 Å². The topological polar surface area (TPSA) is 68.0 Å². The minimum absolute atomic E-state index is 0.168. The summed E-state index contributed by atoms with van der Waals surface area (Å²) in [6, 6.07) is 6.02. The van der Waals surface area contributed by atoms with E-state index in [2.05, 4.69) is 26.6 Å². The molecule has 1 N–H and O–H groups in total. The lowest BCUT2D eigenvalue weighted by Crippen LogP contribution is -2.09. The van der Waals surface area contributed by atoms with E-state index >= 15 is 0 Å². The van der Waals surface area contributed by atoms with Gasteiger partial charge in [0.25, 0.3) is 0 Å². The van der Waals surface area contributed by atoms with Crippen molar-refractivity contribution in [2.24, 2.45) is 0 Å². The van der Waals surface area contributed by atoms with Crippen LogP contribution in [0.3, 0.4) is 0 Å². The van der Waals surface area contributed by atoms with E-state index in [1.807, 2.05) is 0 Å². The normalized spacial score (nSPS) is 11.2. The Hall–Kier alpha value is -2.64. The lowest BCUT2D eigenvalue weighted by Gasteiger charge is -2.03. The predicted molar refractivity (Wildman–Crippen MR) is 68.2 cm³/mol. The van der Waals surface area contributed by atoms with Gasteiger partial charge in [-0.25, -0.2) is 0 Å². The average Bonchev–Trinajstić information content (AvgIpc) is 2.89. The zero-order chi connectivity index (χ0) is 15.5. The Bertz CT molecular complexity index is 647. The van der Waals surface area contributed by atoms with Crippen molar-refractivity contribution in [1.29, 1.82) is 0 Å². The third kappa shape index (κ3) is 3.68. The molecule has 110 valence electrons. The number of hydrogen-bond acceptors (Lipinski definition) is 4. The molecule has 1 heterocycles. The van der Waals surface area contributed by atoms with Crippen LogP contribution < -0.4 is 5.32 Å². The van der Waals surface area contributed by atoms with Crippen molar-refractivity contribution in [2.45, 2.75) is 12.6 Å². The number of benzene rings is 1. The number of rotatable bonds is 4. The van der Waals surface area contributed by atoms with Gasteiger partial charge in [-0.3, -0.25) is 4.79 Å². The van der Waals surface area contributed by atoms with Crippen LogP contribution >= 0.6 is 0 Å². The number of aromatic nitrogens is 2. The molecule has 0 aliphatic carbocycles. The summed E-state index contributed by atoms with van der Waals surface area (Å²) in [5.74, 6) is -1.82. The molecular formula is C13H10F3N3O2. The van der Waals surface area contributed by atoms with Gasteiger partial charge in [-0.15, -0.1) is 6.58 Å². The zero-order valence-corrected chi connectivity index (χ0v) is 10.6. The standard InChI is InChI=1S/C13H10F3N3O2/c1-2-3-10(20)17-9-6-4-8(5-7-9)11-18-12(21-19-11)13(14,15)16/h2,4-7H,1,3H2,(H,17,20).